The number of hydrogen-bond acceptors (Lipinski definition) is 10. The van der Waals surface area contributed by atoms with Crippen LogP contribution < -0.4 is 5.32 Å². The van der Waals surface area contributed by atoms with Crippen LogP contribution >= 0.6 is 0 Å². The van der Waals surface area contributed by atoms with Crippen molar-refractivity contribution in [3.8, 4) is 0 Å². The highest BCUT2D eigenvalue weighted by Gasteiger charge is 2.44. The molecule has 1 fully saturated rings. The molecule has 1 amide bonds. The fourth-order valence-corrected chi connectivity index (χ4v) is 7.87. The number of amides is 1. The lowest BCUT2D eigenvalue weighted by Gasteiger charge is -2.40. The Morgan fingerprint density at radius 1 is 0.569 bits per heavy atom. The number of allylic oxidation sites excluding steroid dienone is 7. The van der Waals surface area contributed by atoms with E-state index in [2.05, 4.69) is 55.6 Å². The average molecular weight is 920 g/mol. The van der Waals surface area contributed by atoms with Crippen molar-refractivity contribution in [1.82, 2.24) is 5.32 Å². The summed E-state index contributed by atoms with van der Waals surface area (Å²) in [5, 5.41) is 54.1. The first-order valence-corrected chi connectivity index (χ1v) is 26.4. The van der Waals surface area contributed by atoms with Crippen LogP contribution in [0.3, 0.4) is 0 Å². The predicted octanol–water partition coefficient (Wildman–Crippen LogP) is 10.9. The second-order valence-corrected chi connectivity index (χ2v) is 18.2. The van der Waals surface area contributed by atoms with Gasteiger partial charge in [-0.15, -0.1) is 0 Å². The maximum Gasteiger partial charge on any atom is 0.305 e. The predicted molar refractivity (Wildman–Crippen MR) is 264 cm³/mol. The van der Waals surface area contributed by atoms with Crippen LogP contribution in [0.15, 0.2) is 48.6 Å². The number of ether oxygens (including phenoxy) is 3. The van der Waals surface area contributed by atoms with Crippen molar-refractivity contribution in [1.29, 1.82) is 0 Å². The van der Waals surface area contributed by atoms with Gasteiger partial charge >= 0.3 is 5.97 Å². The molecule has 378 valence electrons. The number of carbonyl (C=O) groups is 2. The molecule has 0 spiro atoms. The SMILES string of the molecule is CCCCCC/C=C\C/C=C\CCCCCCCC(=O)OCCCCC/C=C\CCCCCCCC(=O)NC(COC1OC(CO)C(O)C(O)C1O)C(O)/C=C/CCCCCCCCC. The van der Waals surface area contributed by atoms with Crippen LogP contribution in [0, 0.1) is 0 Å². The Bertz CT molecular complexity index is 1220. The van der Waals surface area contributed by atoms with Crippen LogP contribution in [0.2, 0.25) is 0 Å². The molecule has 1 saturated heterocycles. The van der Waals surface area contributed by atoms with E-state index in [9.17, 15) is 35.1 Å². The Balaban J connectivity index is 2.14. The van der Waals surface area contributed by atoms with Crippen LogP contribution in [0.25, 0.3) is 0 Å². The maximum atomic E-state index is 12.9. The summed E-state index contributed by atoms with van der Waals surface area (Å²) in [5.41, 5.74) is 0. The fourth-order valence-electron chi connectivity index (χ4n) is 7.87. The number of nitrogens with one attached hydrogen (secondary N) is 1. The molecule has 11 heteroatoms. The third kappa shape index (κ3) is 34.6. The fraction of sp³-hybridized carbons (Fsp3) is 0.815. The highest BCUT2D eigenvalue weighted by Crippen LogP contribution is 2.23. The second-order valence-electron chi connectivity index (χ2n) is 18.2. The number of aliphatic hydroxyl groups excluding tert-OH is 5. The molecular weight excluding hydrogens is 823 g/mol. The van der Waals surface area contributed by atoms with Gasteiger partial charge in [-0.25, -0.2) is 0 Å². The van der Waals surface area contributed by atoms with E-state index < -0.39 is 49.5 Å². The van der Waals surface area contributed by atoms with Gasteiger partial charge in [0.25, 0.3) is 0 Å². The maximum absolute atomic E-state index is 12.9. The molecular formula is C54H97NO10. The van der Waals surface area contributed by atoms with Gasteiger partial charge < -0.3 is 45.1 Å². The Labute approximate surface area is 396 Å². The van der Waals surface area contributed by atoms with E-state index in [0.29, 0.717) is 19.4 Å². The Morgan fingerprint density at radius 2 is 1.03 bits per heavy atom. The molecule has 0 aromatic carbocycles. The number of esters is 1. The van der Waals surface area contributed by atoms with E-state index in [-0.39, 0.29) is 18.5 Å². The standard InChI is InChI=1S/C54H97NO10/c1-3-5-7-9-11-13-14-15-16-17-18-22-26-30-34-38-42-50(59)63-43-39-35-31-27-23-20-19-21-25-29-33-37-41-49(58)55-46(47(57)40-36-32-28-24-12-10-8-6-4-2)45-64-54-53(62)52(61)51(60)48(44-56)65-54/h13-14,16-17,20,23,36,40,46-48,51-54,56-57,60-62H,3-12,15,18-19,21-22,24-35,37-39,41-45H2,1-2H3,(H,55,58)/b14-13-,17-16-,23-20-,40-36+. The molecule has 0 saturated carbocycles. The van der Waals surface area contributed by atoms with Gasteiger partial charge in [0.2, 0.25) is 5.91 Å². The van der Waals surface area contributed by atoms with E-state index >= 15 is 0 Å². The minimum absolute atomic E-state index is 0.0615. The smallest absolute Gasteiger partial charge is 0.305 e. The third-order valence-electron chi connectivity index (χ3n) is 12.2. The molecule has 0 aromatic heterocycles. The first kappa shape index (κ1) is 60.6. The number of hydrogen-bond donors (Lipinski definition) is 6. The summed E-state index contributed by atoms with van der Waals surface area (Å²) >= 11 is 0. The minimum atomic E-state index is -1.58. The first-order chi connectivity index (χ1) is 31.7. The number of aliphatic hydroxyl groups is 5. The highest BCUT2D eigenvalue weighted by atomic mass is 16.7. The van der Waals surface area contributed by atoms with E-state index in [0.717, 1.165) is 109 Å². The lowest BCUT2D eigenvalue weighted by molar-refractivity contribution is -0.302. The number of carbonyl (C=O) groups excluding carboxylic acids is 2. The van der Waals surface area contributed by atoms with Gasteiger partial charge in [-0.05, 0) is 96.3 Å². The highest BCUT2D eigenvalue weighted by molar-refractivity contribution is 5.76. The van der Waals surface area contributed by atoms with Crippen LogP contribution in [-0.4, -0.2) is 100 Å². The van der Waals surface area contributed by atoms with Gasteiger partial charge in [-0.1, -0.05) is 159 Å². The summed E-state index contributed by atoms with van der Waals surface area (Å²) in [6.07, 6.45) is 43.4. The van der Waals surface area contributed by atoms with Gasteiger partial charge in [0.05, 0.1) is 32.0 Å². The van der Waals surface area contributed by atoms with Gasteiger partial charge in [-0.2, -0.15) is 0 Å². The lowest BCUT2D eigenvalue weighted by atomic mass is 9.99. The topological polar surface area (TPSA) is 175 Å². The van der Waals surface area contributed by atoms with Crippen LogP contribution in [0.4, 0.5) is 0 Å². The summed E-state index contributed by atoms with van der Waals surface area (Å²) in [6, 6.07) is -0.829. The molecule has 7 atom stereocenters. The molecule has 6 N–H and O–H groups in total. The molecule has 0 aromatic rings. The van der Waals surface area contributed by atoms with Crippen molar-refractivity contribution < 1.29 is 49.3 Å². The lowest BCUT2D eigenvalue weighted by Crippen LogP contribution is -2.60. The molecule has 65 heavy (non-hydrogen) atoms. The summed E-state index contributed by atoms with van der Waals surface area (Å²) in [4.78, 5) is 25.0. The van der Waals surface area contributed by atoms with Crippen molar-refractivity contribution in [3.05, 3.63) is 48.6 Å². The Kier molecular flexibility index (Phi) is 41.2. The van der Waals surface area contributed by atoms with E-state index in [1.54, 1.807) is 6.08 Å². The van der Waals surface area contributed by atoms with Crippen molar-refractivity contribution in [2.24, 2.45) is 0 Å². The second kappa shape index (κ2) is 44.1. The van der Waals surface area contributed by atoms with Crippen LogP contribution in [-0.2, 0) is 23.8 Å². The zero-order valence-corrected chi connectivity index (χ0v) is 41.2. The van der Waals surface area contributed by atoms with Crippen molar-refractivity contribution in [3.63, 3.8) is 0 Å². The van der Waals surface area contributed by atoms with Gasteiger partial charge in [0.1, 0.15) is 24.4 Å². The zero-order chi connectivity index (χ0) is 47.4. The number of unbranched alkanes of at least 4 members (excludes halogenated alkanes) is 24. The normalized spacial score (nSPS) is 20.1. The van der Waals surface area contributed by atoms with Crippen molar-refractivity contribution in [2.45, 2.75) is 262 Å². The monoisotopic (exact) mass is 920 g/mol. The van der Waals surface area contributed by atoms with E-state index in [1.807, 2.05) is 6.08 Å². The molecule has 0 radical (unpaired) electrons. The molecule has 1 heterocycles. The average Bonchev–Trinajstić information content (AvgIpc) is 3.30. The molecule has 1 aliphatic heterocycles. The van der Waals surface area contributed by atoms with Gasteiger partial charge in [0, 0.05) is 12.8 Å². The number of rotatable bonds is 44. The molecule has 1 rings (SSSR count). The van der Waals surface area contributed by atoms with Crippen LogP contribution in [0.1, 0.15) is 219 Å². The zero-order valence-electron chi connectivity index (χ0n) is 41.2. The summed E-state index contributed by atoms with van der Waals surface area (Å²) in [7, 11) is 0. The van der Waals surface area contributed by atoms with Gasteiger partial charge in [0.15, 0.2) is 6.29 Å². The Morgan fingerprint density at radius 3 is 1.58 bits per heavy atom. The van der Waals surface area contributed by atoms with E-state index in [1.165, 1.54) is 83.5 Å². The summed E-state index contributed by atoms with van der Waals surface area (Å²) in [5.74, 6) is -0.274. The summed E-state index contributed by atoms with van der Waals surface area (Å²) in [6.45, 7) is 4.18. The largest absolute Gasteiger partial charge is 0.466 e. The Hall–Kier alpha value is -2.38. The van der Waals surface area contributed by atoms with Crippen molar-refractivity contribution >= 4 is 11.9 Å². The van der Waals surface area contributed by atoms with E-state index in [4.69, 9.17) is 14.2 Å². The molecule has 7 unspecified atom stereocenters. The molecule has 0 bridgehead atoms. The quantitative estimate of drug-likeness (QED) is 0.0196. The van der Waals surface area contributed by atoms with Gasteiger partial charge in [-0.3, -0.25) is 9.59 Å². The van der Waals surface area contributed by atoms with Crippen molar-refractivity contribution in [2.75, 3.05) is 19.8 Å². The molecule has 0 aliphatic carbocycles. The summed E-state index contributed by atoms with van der Waals surface area (Å²) < 4.78 is 16.6. The molecule has 11 nitrogen and oxygen atoms in total. The van der Waals surface area contributed by atoms with Crippen LogP contribution in [0.5, 0.6) is 0 Å². The molecule has 1 aliphatic rings. The third-order valence-corrected chi connectivity index (χ3v) is 12.2. The first-order valence-electron chi connectivity index (χ1n) is 26.4. The minimum Gasteiger partial charge on any atom is -0.466 e.